The molecule has 7 rings (SSSR count). The van der Waals surface area contributed by atoms with E-state index in [-0.39, 0.29) is 0 Å². The lowest BCUT2D eigenvalue weighted by Gasteiger charge is -2.09. The van der Waals surface area contributed by atoms with E-state index in [2.05, 4.69) is 34.9 Å². The number of nitrogens with zero attached hydrogens (tertiary/aromatic N) is 10. The number of hydrogen-bond donors (Lipinski definition) is 0. The third kappa shape index (κ3) is 4.93. The Morgan fingerprint density at radius 1 is 0.352 bits per heavy atom. The maximum atomic E-state index is 14.5. The van der Waals surface area contributed by atoms with Gasteiger partial charge in [-0.1, -0.05) is 0 Å². The van der Waals surface area contributed by atoms with Gasteiger partial charge in [-0.25, -0.2) is 87.6 Å². The number of fused-ring (bicyclic) bond motifs is 3. The summed E-state index contributed by atoms with van der Waals surface area (Å²) in [6, 6.07) is 6.03. The number of allylic oxidation sites excluding steroid dienone is 3. The second-order valence-electron chi connectivity index (χ2n) is 10.6. The first-order chi connectivity index (χ1) is 25.6. The van der Waals surface area contributed by atoms with Crippen molar-refractivity contribution >= 4 is 16.7 Å². The van der Waals surface area contributed by atoms with Crippen LogP contribution in [-0.4, -0.2) is 4.98 Å². The smallest absolute Gasteiger partial charge is 0.199 e. The number of nitriles is 3. The molecule has 0 bridgehead atoms. The van der Waals surface area contributed by atoms with Crippen LogP contribution in [0, 0.1) is 104 Å². The zero-order valence-corrected chi connectivity index (χ0v) is 25.2. The summed E-state index contributed by atoms with van der Waals surface area (Å²) in [6.07, 6.45) is 0. The van der Waals surface area contributed by atoms with Crippen LogP contribution < -0.4 is 32.1 Å². The van der Waals surface area contributed by atoms with Crippen LogP contribution in [0.5, 0.6) is 0 Å². The highest BCUT2D eigenvalue weighted by Gasteiger charge is 2.29. The van der Waals surface area contributed by atoms with Crippen LogP contribution in [0.25, 0.3) is 16.7 Å². The molecule has 4 aromatic rings. The molecule has 22 heteroatoms. The zero-order valence-electron chi connectivity index (χ0n) is 25.2. The van der Waals surface area contributed by atoms with Crippen molar-refractivity contribution in [3.05, 3.63) is 148 Å². The first-order valence-electron chi connectivity index (χ1n) is 14.0. The highest BCUT2D eigenvalue weighted by Crippen LogP contribution is 2.30. The zero-order chi connectivity index (χ0) is 39.1. The van der Waals surface area contributed by atoms with Gasteiger partial charge in [0.25, 0.3) is 0 Å². The molecule has 0 amide bonds. The highest BCUT2D eigenvalue weighted by molar-refractivity contribution is 5.87. The third-order valence-corrected chi connectivity index (χ3v) is 7.59. The first-order valence-corrected chi connectivity index (χ1v) is 14.0. The normalized spacial score (nSPS) is 13.2. The van der Waals surface area contributed by atoms with Gasteiger partial charge in [0.2, 0.25) is 0 Å². The molecule has 264 valence electrons. The van der Waals surface area contributed by atoms with E-state index in [9.17, 15) is 68.5 Å². The minimum atomic E-state index is -2.29. The minimum absolute atomic E-state index is 0.591. The second-order valence-corrected chi connectivity index (χ2v) is 10.6. The van der Waals surface area contributed by atoms with Crippen molar-refractivity contribution in [1.29, 1.82) is 15.8 Å². The molecule has 3 aliphatic heterocycles. The summed E-state index contributed by atoms with van der Waals surface area (Å²) < 4.78 is 171. The molecular formula is C32H2F12N10. The van der Waals surface area contributed by atoms with Crippen LogP contribution in [0.15, 0.2) is 59.6 Å². The van der Waals surface area contributed by atoms with Gasteiger partial charge in [-0.15, -0.1) is 0 Å². The van der Waals surface area contributed by atoms with Gasteiger partial charge < -0.3 is 0 Å². The van der Waals surface area contributed by atoms with E-state index >= 15 is 0 Å². The summed E-state index contributed by atoms with van der Waals surface area (Å²) in [5.41, 5.74) is -4.85. The Balaban J connectivity index is 1.56. The van der Waals surface area contributed by atoms with Crippen molar-refractivity contribution in [2.45, 2.75) is 0 Å². The average molecular weight is 754 g/mol. The summed E-state index contributed by atoms with van der Waals surface area (Å²) >= 11 is 0. The van der Waals surface area contributed by atoms with Gasteiger partial charge in [0, 0.05) is 5.56 Å². The van der Waals surface area contributed by atoms with Crippen LogP contribution in [0.1, 0.15) is 17.0 Å². The number of hydrogen-bond acceptors (Lipinski definition) is 10. The van der Waals surface area contributed by atoms with Crippen molar-refractivity contribution in [1.82, 2.24) is 4.98 Å². The van der Waals surface area contributed by atoms with E-state index in [1.807, 2.05) is 0 Å². The van der Waals surface area contributed by atoms with Gasteiger partial charge in [-0.05, 0) is 12.1 Å². The Morgan fingerprint density at radius 3 is 0.796 bits per heavy atom. The van der Waals surface area contributed by atoms with Crippen molar-refractivity contribution < 1.29 is 52.7 Å². The van der Waals surface area contributed by atoms with Gasteiger partial charge in [-0.2, -0.15) is 15.8 Å². The SMILES string of the molecule is N#CC(=C1N=c2c(F)c(F)c(F)c(F)c2=N1)c1cc(C(C#N)=C2N=c3c(F)c(F)c(F)c(F)c3=N2)nc(C(C#N)=C2N=c3c(F)c(F)c(F)c(F)c3=N2)c1. The van der Waals surface area contributed by atoms with Crippen molar-refractivity contribution in [3.8, 4) is 18.2 Å². The standard InChI is InChI=1S/C32H2F12N10/c33-12-13(34)19(40)25-24(18(12)39)49-30(50-25)7(3-45)6-1-10(8(4-46)31-51-26-20(41)14(35)15(36)21(42)27(26)52-31)48-11(2-6)9(5-47)32-53-28-22(43)16(37)17(38)23(44)29(28)54-32/h1-2H. The number of rotatable bonds is 3. The van der Waals surface area contributed by atoms with E-state index < -0.39 is 153 Å². The highest BCUT2D eigenvalue weighted by atomic mass is 19.2. The van der Waals surface area contributed by atoms with Crippen molar-refractivity contribution in [2.24, 2.45) is 30.0 Å². The first kappa shape index (κ1) is 34.9. The molecule has 0 atom stereocenters. The van der Waals surface area contributed by atoms with Gasteiger partial charge >= 0.3 is 0 Å². The summed E-state index contributed by atoms with van der Waals surface area (Å²) in [4.78, 5) is 25.2. The molecule has 0 spiro atoms. The van der Waals surface area contributed by atoms with Crippen molar-refractivity contribution in [3.63, 3.8) is 0 Å². The molecule has 0 saturated heterocycles. The maximum absolute atomic E-state index is 14.5. The number of pyridine rings is 1. The number of halogens is 12. The quantitative estimate of drug-likeness (QED) is 0.136. The fourth-order valence-electron chi connectivity index (χ4n) is 5.10. The van der Waals surface area contributed by atoms with Gasteiger partial charge in [0.05, 0.1) is 11.4 Å². The molecule has 1 aromatic heterocycles. The van der Waals surface area contributed by atoms with E-state index in [4.69, 9.17) is 0 Å². The Morgan fingerprint density at radius 2 is 0.574 bits per heavy atom. The molecule has 0 radical (unpaired) electrons. The van der Waals surface area contributed by atoms with Crippen LogP contribution in [0.4, 0.5) is 52.7 Å². The molecule has 0 unspecified atom stereocenters. The van der Waals surface area contributed by atoms with E-state index in [1.165, 1.54) is 18.2 Å². The molecule has 3 aliphatic rings. The molecule has 54 heavy (non-hydrogen) atoms. The molecule has 4 heterocycles. The fraction of sp³-hybridized carbons (Fsp3) is 0. The van der Waals surface area contributed by atoms with E-state index in [0.29, 0.717) is 0 Å². The van der Waals surface area contributed by atoms with E-state index in [0.717, 1.165) is 12.1 Å². The molecule has 10 nitrogen and oxygen atoms in total. The summed E-state index contributed by atoms with van der Waals surface area (Å²) in [7, 11) is 0. The minimum Gasteiger partial charge on any atom is -0.246 e. The second kappa shape index (κ2) is 12.3. The summed E-state index contributed by atoms with van der Waals surface area (Å²) in [5.74, 6) is -28.8. The van der Waals surface area contributed by atoms with Crippen molar-refractivity contribution in [2.75, 3.05) is 0 Å². The largest absolute Gasteiger partial charge is 0.246 e. The predicted molar refractivity (Wildman–Crippen MR) is 148 cm³/mol. The monoisotopic (exact) mass is 754 g/mol. The van der Waals surface area contributed by atoms with Gasteiger partial charge in [0.15, 0.2) is 87.3 Å². The van der Waals surface area contributed by atoms with Gasteiger partial charge in [-0.3, -0.25) is 0 Å². The topological polar surface area (TPSA) is 158 Å². The number of aromatic nitrogens is 1. The lowest BCUT2D eigenvalue weighted by Crippen LogP contribution is -2.32. The molecular weight excluding hydrogens is 752 g/mol. The van der Waals surface area contributed by atoms with Crippen LogP contribution in [-0.2, 0) is 0 Å². The maximum Gasteiger partial charge on any atom is 0.199 e. The molecule has 0 aliphatic carbocycles. The Hall–Kier alpha value is -7.54. The molecule has 0 saturated carbocycles. The molecule has 0 N–H and O–H groups in total. The van der Waals surface area contributed by atoms with Crippen LogP contribution >= 0.6 is 0 Å². The lowest BCUT2D eigenvalue weighted by atomic mass is 10.0. The fourth-order valence-corrected chi connectivity index (χ4v) is 5.10. The van der Waals surface area contributed by atoms with Crippen LogP contribution in [0.3, 0.4) is 0 Å². The Kier molecular flexibility index (Phi) is 7.95. The summed E-state index contributed by atoms with van der Waals surface area (Å²) in [6.45, 7) is 0. The van der Waals surface area contributed by atoms with E-state index in [1.54, 1.807) is 0 Å². The lowest BCUT2D eigenvalue weighted by molar-refractivity contribution is 0.399. The Bertz CT molecular complexity index is 2680. The predicted octanol–water partition coefficient (Wildman–Crippen LogP) is 3.19. The number of benzene rings is 3. The molecule has 0 fully saturated rings. The average Bonchev–Trinajstić information content (AvgIpc) is 3.92. The van der Waals surface area contributed by atoms with Gasteiger partial charge in [0.1, 0.15) is 67.1 Å². The Labute approximate surface area is 287 Å². The third-order valence-electron chi connectivity index (χ3n) is 7.59. The van der Waals surface area contributed by atoms with Crippen LogP contribution in [0.2, 0.25) is 0 Å². The molecule has 3 aromatic carbocycles. The summed E-state index contributed by atoms with van der Waals surface area (Å²) in [5, 5.41) is 23.0.